The molecule has 0 bridgehead atoms. The van der Waals surface area contributed by atoms with Crippen molar-refractivity contribution in [2.24, 2.45) is 0 Å². The molecule has 1 atom stereocenters. The highest BCUT2D eigenvalue weighted by Gasteiger charge is 2.26. The van der Waals surface area contributed by atoms with Gasteiger partial charge in [0.05, 0.1) is 6.61 Å². The van der Waals surface area contributed by atoms with E-state index in [4.69, 9.17) is 4.74 Å². The van der Waals surface area contributed by atoms with Crippen LogP contribution < -0.4 is 9.46 Å². The summed E-state index contributed by atoms with van der Waals surface area (Å²) in [5.41, 5.74) is 1.97. The maximum atomic E-state index is 13.8. The highest BCUT2D eigenvalue weighted by molar-refractivity contribution is 7.89. The molecule has 1 aliphatic rings. The van der Waals surface area contributed by atoms with E-state index in [2.05, 4.69) is 4.72 Å². The Morgan fingerprint density at radius 3 is 2.54 bits per heavy atom. The lowest BCUT2D eigenvalue weighted by molar-refractivity contribution is 0.299. The third-order valence-corrected chi connectivity index (χ3v) is 5.85. The Labute approximate surface area is 151 Å². The average molecular weight is 382 g/mol. The molecule has 3 rings (SSSR count). The van der Waals surface area contributed by atoms with Crippen LogP contribution >= 0.6 is 0 Å². The second kappa shape index (κ2) is 7.30. The Bertz CT molecular complexity index is 896. The van der Waals surface area contributed by atoms with Crippen molar-refractivity contribution in [3.05, 3.63) is 59.2 Å². The summed E-state index contributed by atoms with van der Waals surface area (Å²) in [6, 6.07) is 8.37. The SMILES string of the molecule is CN(C)C(CNS(=O)(=O)c1c(F)cccc1F)c1ccc2c(c1)CCO2. The zero-order chi connectivity index (χ0) is 18.9. The van der Waals surface area contributed by atoms with Gasteiger partial charge in [-0.3, -0.25) is 0 Å². The van der Waals surface area contributed by atoms with Crippen LogP contribution in [0.5, 0.6) is 5.75 Å². The van der Waals surface area contributed by atoms with Gasteiger partial charge in [-0.1, -0.05) is 18.2 Å². The summed E-state index contributed by atoms with van der Waals surface area (Å²) >= 11 is 0. The van der Waals surface area contributed by atoms with E-state index in [0.717, 1.165) is 41.5 Å². The summed E-state index contributed by atoms with van der Waals surface area (Å²) in [6.45, 7) is 0.605. The molecule has 8 heteroatoms. The van der Waals surface area contributed by atoms with Crippen molar-refractivity contribution < 1.29 is 21.9 Å². The van der Waals surface area contributed by atoms with Gasteiger partial charge in [-0.15, -0.1) is 0 Å². The molecule has 0 spiro atoms. The molecule has 1 heterocycles. The van der Waals surface area contributed by atoms with Crippen molar-refractivity contribution in [1.29, 1.82) is 0 Å². The lowest BCUT2D eigenvalue weighted by Crippen LogP contribution is -2.35. The maximum absolute atomic E-state index is 13.8. The molecule has 0 saturated carbocycles. The number of halogens is 2. The van der Waals surface area contributed by atoms with Gasteiger partial charge in [0.1, 0.15) is 17.4 Å². The zero-order valence-corrected chi connectivity index (χ0v) is 15.3. The number of hydrogen-bond donors (Lipinski definition) is 1. The van der Waals surface area contributed by atoms with Gasteiger partial charge in [-0.25, -0.2) is 21.9 Å². The molecule has 140 valence electrons. The molecule has 0 fully saturated rings. The molecule has 2 aromatic carbocycles. The predicted molar refractivity (Wildman–Crippen MR) is 93.6 cm³/mol. The van der Waals surface area contributed by atoms with Crippen LogP contribution in [0.2, 0.25) is 0 Å². The first-order valence-corrected chi connectivity index (χ1v) is 9.63. The molecular formula is C18H20F2N2O3S. The number of hydrogen-bond acceptors (Lipinski definition) is 4. The van der Waals surface area contributed by atoms with Gasteiger partial charge in [0.15, 0.2) is 4.90 Å². The van der Waals surface area contributed by atoms with Gasteiger partial charge in [0.25, 0.3) is 0 Å². The fourth-order valence-electron chi connectivity index (χ4n) is 3.01. The maximum Gasteiger partial charge on any atom is 0.246 e. The topological polar surface area (TPSA) is 58.6 Å². The van der Waals surface area contributed by atoms with Crippen molar-refractivity contribution in [1.82, 2.24) is 9.62 Å². The lowest BCUT2D eigenvalue weighted by atomic mass is 10.0. The van der Waals surface area contributed by atoms with Crippen LogP contribution in [-0.4, -0.2) is 40.6 Å². The van der Waals surface area contributed by atoms with Crippen LogP contribution in [0.1, 0.15) is 17.2 Å². The van der Waals surface area contributed by atoms with Crippen LogP contribution in [0.15, 0.2) is 41.3 Å². The monoisotopic (exact) mass is 382 g/mol. The predicted octanol–water partition coefficient (Wildman–Crippen LogP) is 2.48. The molecule has 5 nitrogen and oxygen atoms in total. The normalized spacial score (nSPS) is 15.0. The number of rotatable bonds is 6. The Morgan fingerprint density at radius 1 is 1.19 bits per heavy atom. The minimum Gasteiger partial charge on any atom is -0.493 e. The standard InChI is InChI=1S/C18H20F2N2O3S/c1-22(2)16(12-6-7-17-13(10-12)8-9-25-17)11-21-26(23,24)18-14(19)4-3-5-15(18)20/h3-7,10,16,21H,8-9,11H2,1-2H3. The molecule has 0 saturated heterocycles. The first kappa shape index (κ1) is 18.8. The number of sulfonamides is 1. The summed E-state index contributed by atoms with van der Waals surface area (Å²) < 4.78 is 60.2. The van der Waals surface area contributed by atoms with Gasteiger partial charge in [0.2, 0.25) is 10.0 Å². The number of fused-ring (bicyclic) bond motifs is 1. The van der Waals surface area contributed by atoms with E-state index in [1.54, 1.807) is 0 Å². The van der Waals surface area contributed by atoms with Crippen molar-refractivity contribution in [3.8, 4) is 5.75 Å². The van der Waals surface area contributed by atoms with Crippen LogP contribution in [0, 0.1) is 11.6 Å². The van der Waals surface area contributed by atoms with E-state index in [-0.39, 0.29) is 12.6 Å². The molecule has 0 aliphatic carbocycles. The van der Waals surface area contributed by atoms with E-state index in [1.807, 2.05) is 37.2 Å². The Hall–Kier alpha value is -2.03. The number of ether oxygens (including phenoxy) is 1. The van der Waals surface area contributed by atoms with Crippen LogP contribution in [0.3, 0.4) is 0 Å². The molecule has 1 unspecified atom stereocenters. The molecule has 1 N–H and O–H groups in total. The lowest BCUT2D eigenvalue weighted by Gasteiger charge is -2.25. The highest BCUT2D eigenvalue weighted by Crippen LogP contribution is 2.29. The summed E-state index contributed by atoms with van der Waals surface area (Å²) in [5, 5.41) is 0. The molecular weight excluding hydrogens is 362 g/mol. The molecule has 26 heavy (non-hydrogen) atoms. The second-order valence-electron chi connectivity index (χ2n) is 6.35. The third-order valence-electron chi connectivity index (χ3n) is 4.38. The summed E-state index contributed by atoms with van der Waals surface area (Å²) in [7, 11) is -0.697. The van der Waals surface area contributed by atoms with Crippen LogP contribution in [-0.2, 0) is 16.4 Å². The summed E-state index contributed by atoms with van der Waals surface area (Å²) in [6.07, 6.45) is 0.801. The molecule has 2 aromatic rings. The van der Waals surface area contributed by atoms with E-state index < -0.39 is 26.6 Å². The average Bonchev–Trinajstić information content (AvgIpc) is 3.02. The Balaban J connectivity index is 1.83. The largest absolute Gasteiger partial charge is 0.493 e. The molecule has 1 aliphatic heterocycles. The first-order chi connectivity index (χ1) is 12.3. The van der Waals surface area contributed by atoms with Gasteiger partial charge in [-0.2, -0.15) is 0 Å². The number of nitrogens with one attached hydrogen (secondary N) is 1. The Morgan fingerprint density at radius 2 is 1.88 bits per heavy atom. The quantitative estimate of drug-likeness (QED) is 0.834. The number of nitrogens with zero attached hydrogens (tertiary/aromatic N) is 1. The molecule has 0 radical (unpaired) electrons. The third kappa shape index (κ3) is 3.72. The second-order valence-corrected chi connectivity index (χ2v) is 8.05. The van der Waals surface area contributed by atoms with Gasteiger partial charge in [0, 0.05) is 19.0 Å². The Kier molecular flexibility index (Phi) is 5.27. The summed E-state index contributed by atoms with van der Waals surface area (Å²) in [4.78, 5) is 0.887. The van der Waals surface area contributed by atoms with Crippen molar-refractivity contribution >= 4 is 10.0 Å². The summed E-state index contributed by atoms with van der Waals surface area (Å²) in [5.74, 6) is -1.40. The van der Waals surface area contributed by atoms with Gasteiger partial charge < -0.3 is 9.64 Å². The highest BCUT2D eigenvalue weighted by atomic mass is 32.2. The number of benzene rings is 2. The van der Waals surface area contributed by atoms with Crippen molar-refractivity contribution in [2.45, 2.75) is 17.4 Å². The minimum absolute atomic E-state index is 0.0250. The zero-order valence-electron chi connectivity index (χ0n) is 14.5. The van der Waals surface area contributed by atoms with Crippen LogP contribution in [0.4, 0.5) is 8.78 Å². The fourth-order valence-corrected chi connectivity index (χ4v) is 4.18. The molecule has 0 aromatic heterocycles. The minimum atomic E-state index is -4.32. The van der Waals surface area contributed by atoms with Crippen molar-refractivity contribution in [2.75, 3.05) is 27.2 Å². The van der Waals surface area contributed by atoms with E-state index in [9.17, 15) is 17.2 Å². The smallest absolute Gasteiger partial charge is 0.246 e. The van der Waals surface area contributed by atoms with Crippen LogP contribution in [0.25, 0.3) is 0 Å². The van der Waals surface area contributed by atoms with E-state index in [0.29, 0.717) is 6.61 Å². The number of likely N-dealkylation sites (N-methyl/N-ethyl adjacent to an activating group) is 1. The first-order valence-electron chi connectivity index (χ1n) is 8.15. The van der Waals surface area contributed by atoms with E-state index >= 15 is 0 Å². The fraction of sp³-hybridized carbons (Fsp3) is 0.333. The molecule has 0 amide bonds. The van der Waals surface area contributed by atoms with E-state index in [1.165, 1.54) is 0 Å². The van der Waals surface area contributed by atoms with Gasteiger partial charge >= 0.3 is 0 Å². The van der Waals surface area contributed by atoms with Crippen molar-refractivity contribution in [3.63, 3.8) is 0 Å². The van der Waals surface area contributed by atoms with Gasteiger partial charge in [-0.05, 0) is 43.4 Å².